The largest absolute Gasteiger partial charge is 0.302 e. The van der Waals surface area contributed by atoms with Crippen molar-refractivity contribution in [2.75, 3.05) is 36.8 Å². The topological polar surface area (TPSA) is 70.6 Å². The van der Waals surface area contributed by atoms with E-state index >= 15 is 0 Å². The zero-order valence-corrected chi connectivity index (χ0v) is 23.2. The molecule has 1 aromatic heterocycles. The minimum Gasteiger partial charge on any atom is -0.302 e. The van der Waals surface area contributed by atoms with Crippen molar-refractivity contribution in [1.29, 1.82) is 0 Å². The number of halogens is 3. The van der Waals surface area contributed by atoms with Gasteiger partial charge in [-0.25, -0.2) is 13.4 Å². The third kappa shape index (κ3) is 7.06. The number of likely N-dealkylation sites (N-methyl/N-ethyl adjacent to an activating group) is 1. The van der Waals surface area contributed by atoms with Gasteiger partial charge in [0.25, 0.3) is 0 Å². The van der Waals surface area contributed by atoms with Gasteiger partial charge in [0.2, 0.25) is 5.91 Å². The van der Waals surface area contributed by atoms with Crippen LogP contribution in [0.2, 0.25) is 10.0 Å². The predicted molar refractivity (Wildman–Crippen MR) is 145 cm³/mol. The molecule has 34 heavy (non-hydrogen) atoms. The van der Waals surface area contributed by atoms with Gasteiger partial charge in [0.15, 0.2) is 15.0 Å². The summed E-state index contributed by atoms with van der Waals surface area (Å²) >= 11 is 13.5. The van der Waals surface area contributed by atoms with Gasteiger partial charge in [0.05, 0.1) is 20.9 Å². The number of aromatic nitrogens is 1. The van der Waals surface area contributed by atoms with E-state index in [1.165, 1.54) is 35.6 Å². The van der Waals surface area contributed by atoms with E-state index in [0.29, 0.717) is 28.3 Å². The van der Waals surface area contributed by atoms with Gasteiger partial charge in [0, 0.05) is 29.6 Å². The fourth-order valence-electron chi connectivity index (χ4n) is 3.48. The molecule has 0 aliphatic heterocycles. The second-order valence-corrected chi connectivity index (χ2v) is 11.7. The van der Waals surface area contributed by atoms with Crippen molar-refractivity contribution in [2.45, 2.75) is 32.1 Å². The third-order valence-corrected chi connectivity index (χ3v) is 8.69. The van der Waals surface area contributed by atoms with Crippen LogP contribution in [0, 0.1) is 6.92 Å². The first kappa shape index (κ1) is 28.8. The van der Waals surface area contributed by atoms with E-state index in [0.717, 1.165) is 28.9 Å². The van der Waals surface area contributed by atoms with Gasteiger partial charge in [-0.2, -0.15) is 0 Å². The van der Waals surface area contributed by atoms with E-state index in [4.69, 9.17) is 28.2 Å². The molecule has 0 fully saturated rings. The van der Waals surface area contributed by atoms with Crippen LogP contribution in [-0.4, -0.2) is 56.1 Å². The molecule has 0 spiro atoms. The lowest BCUT2D eigenvalue weighted by Gasteiger charge is -2.24. The Balaban J connectivity index is 0.00000408. The predicted octanol–water partition coefficient (Wildman–Crippen LogP) is 5.87. The fraction of sp³-hybridized carbons (Fsp3) is 0.391. The summed E-state index contributed by atoms with van der Waals surface area (Å²) in [5, 5.41) is 1.63. The Morgan fingerprint density at radius 3 is 2.29 bits per heavy atom. The molecule has 3 rings (SSSR count). The molecule has 0 saturated carbocycles. The smallest absolute Gasteiger partial charge is 0.229 e. The van der Waals surface area contributed by atoms with E-state index in [1.54, 1.807) is 4.90 Å². The summed E-state index contributed by atoms with van der Waals surface area (Å²) in [6.45, 7) is 8.87. The van der Waals surface area contributed by atoms with Crippen molar-refractivity contribution in [2.24, 2.45) is 0 Å². The zero-order chi connectivity index (χ0) is 24.2. The highest BCUT2D eigenvalue weighted by molar-refractivity contribution is 7.91. The third-order valence-electron chi connectivity index (χ3n) is 5.46. The van der Waals surface area contributed by atoms with Gasteiger partial charge in [-0.3, -0.25) is 9.69 Å². The molecule has 11 heteroatoms. The van der Waals surface area contributed by atoms with E-state index < -0.39 is 9.84 Å². The van der Waals surface area contributed by atoms with Gasteiger partial charge in [0.1, 0.15) is 0 Å². The first-order valence-electron chi connectivity index (χ1n) is 10.7. The summed E-state index contributed by atoms with van der Waals surface area (Å²) in [5.41, 5.74) is 1.73. The molecule has 0 N–H and O–H groups in total. The van der Waals surface area contributed by atoms with E-state index in [-0.39, 0.29) is 35.4 Å². The molecular formula is C23H28Cl3N3O3S2. The number of fused-ring (bicyclic) bond motifs is 1. The normalized spacial score (nSPS) is 11.6. The number of hydrogen-bond acceptors (Lipinski definition) is 6. The Labute approximate surface area is 221 Å². The number of sulfone groups is 1. The van der Waals surface area contributed by atoms with Gasteiger partial charge in [-0.15, -0.1) is 12.4 Å². The number of hydrogen-bond donors (Lipinski definition) is 0. The Morgan fingerprint density at radius 1 is 1.03 bits per heavy atom. The lowest BCUT2D eigenvalue weighted by Crippen LogP contribution is -2.39. The number of rotatable bonds is 10. The molecule has 1 heterocycles. The molecule has 6 nitrogen and oxygen atoms in total. The molecular weight excluding hydrogens is 537 g/mol. The molecule has 2 aromatic carbocycles. The molecule has 3 aromatic rings. The average Bonchev–Trinajstić information content (AvgIpc) is 3.19. The van der Waals surface area contributed by atoms with Crippen LogP contribution in [0.5, 0.6) is 0 Å². The number of thiazole rings is 1. The van der Waals surface area contributed by atoms with Crippen LogP contribution in [0.25, 0.3) is 10.2 Å². The van der Waals surface area contributed by atoms with Crippen LogP contribution in [0.3, 0.4) is 0 Å². The second-order valence-electron chi connectivity index (χ2n) is 7.66. The number of amides is 1. The molecule has 0 saturated heterocycles. The number of nitrogens with zero attached hydrogens (tertiary/aromatic N) is 3. The summed E-state index contributed by atoms with van der Waals surface area (Å²) in [4.78, 5) is 21.9. The lowest BCUT2D eigenvalue weighted by atomic mass is 10.2. The van der Waals surface area contributed by atoms with Crippen molar-refractivity contribution in [3.63, 3.8) is 0 Å². The lowest BCUT2D eigenvalue weighted by molar-refractivity contribution is -0.118. The van der Waals surface area contributed by atoms with Crippen LogP contribution >= 0.6 is 46.9 Å². The first-order chi connectivity index (χ1) is 15.6. The second kappa shape index (κ2) is 12.5. The van der Waals surface area contributed by atoms with Crippen LogP contribution in [0.15, 0.2) is 41.3 Å². The van der Waals surface area contributed by atoms with Gasteiger partial charge in [-0.1, -0.05) is 48.4 Å². The maximum absolute atomic E-state index is 13.3. The molecule has 186 valence electrons. The molecule has 0 radical (unpaired) electrons. The highest BCUT2D eigenvalue weighted by atomic mass is 35.5. The molecule has 0 atom stereocenters. The maximum atomic E-state index is 13.3. The number of aryl methyl sites for hydroxylation is 1. The summed E-state index contributed by atoms with van der Waals surface area (Å²) in [6.07, 6.45) is -0.140. The van der Waals surface area contributed by atoms with Crippen molar-refractivity contribution >= 4 is 78.0 Å². The van der Waals surface area contributed by atoms with Crippen LogP contribution in [0.4, 0.5) is 5.13 Å². The SMILES string of the molecule is CCN(CC)CCN(C(=O)CCS(=O)(=O)c1ccc(Cl)cc1)c1nc2c(C)cc(Cl)cc2s1.Cl. The Morgan fingerprint density at radius 2 is 1.68 bits per heavy atom. The Bertz CT molecular complexity index is 1230. The average molecular weight is 565 g/mol. The minimum absolute atomic E-state index is 0. The molecule has 0 bridgehead atoms. The summed E-state index contributed by atoms with van der Waals surface area (Å²) < 4.78 is 26.4. The van der Waals surface area contributed by atoms with Crippen LogP contribution in [0.1, 0.15) is 25.8 Å². The minimum atomic E-state index is -3.62. The quantitative estimate of drug-likeness (QED) is 0.308. The molecule has 0 unspecified atom stereocenters. The van der Waals surface area contributed by atoms with E-state index in [9.17, 15) is 13.2 Å². The summed E-state index contributed by atoms with van der Waals surface area (Å²) in [7, 11) is -3.62. The maximum Gasteiger partial charge on any atom is 0.229 e. The van der Waals surface area contributed by atoms with Gasteiger partial charge >= 0.3 is 0 Å². The summed E-state index contributed by atoms with van der Waals surface area (Å²) in [6, 6.07) is 9.65. The first-order valence-corrected chi connectivity index (χ1v) is 13.9. The van der Waals surface area contributed by atoms with E-state index in [1.807, 2.05) is 19.1 Å². The van der Waals surface area contributed by atoms with Crippen molar-refractivity contribution < 1.29 is 13.2 Å². The highest BCUT2D eigenvalue weighted by Crippen LogP contribution is 2.33. The van der Waals surface area contributed by atoms with Crippen molar-refractivity contribution in [1.82, 2.24) is 9.88 Å². The Hall–Kier alpha value is -1.42. The number of benzene rings is 2. The Kier molecular flexibility index (Phi) is 10.6. The van der Waals surface area contributed by atoms with Gasteiger partial charge < -0.3 is 4.90 Å². The molecule has 1 amide bonds. The zero-order valence-electron chi connectivity index (χ0n) is 19.3. The molecule has 0 aliphatic rings. The number of carbonyl (C=O) groups is 1. The summed E-state index contributed by atoms with van der Waals surface area (Å²) in [5.74, 6) is -0.562. The number of anilines is 1. The fourth-order valence-corrected chi connectivity index (χ4v) is 6.30. The highest BCUT2D eigenvalue weighted by Gasteiger charge is 2.24. The molecule has 0 aliphatic carbocycles. The van der Waals surface area contributed by atoms with Crippen LogP contribution < -0.4 is 4.90 Å². The number of carbonyl (C=O) groups excluding carboxylic acids is 1. The van der Waals surface area contributed by atoms with Crippen molar-refractivity contribution in [3.05, 3.63) is 52.0 Å². The van der Waals surface area contributed by atoms with Crippen molar-refractivity contribution in [3.8, 4) is 0 Å². The monoisotopic (exact) mass is 563 g/mol. The standard InChI is InChI=1S/C23H27Cl2N3O3S2.ClH/c1-4-27(5-2)11-12-28(23-26-22-16(3)14-18(25)15-20(22)32-23)21(29)10-13-33(30,31)19-8-6-17(24)7-9-19;/h6-9,14-15H,4-5,10-13H2,1-3H3;1H. The van der Waals surface area contributed by atoms with Crippen LogP contribution in [-0.2, 0) is 14.6 Å². The van der Waals surface area contributed by atoms with Gasteiger partial charge in [-0.05, 0) is 62.0 Å². The van der Waals surface area contributed by atoms with E-state index in [2.05, 4.69) is 18.7 Å².